The van der Waals surface area contributed by atoms with Gasteiger partial charge in [0.1, 0.15) is 24.8 Å². The monoisotopic (exact) mass is 443 g/mol. The predicted octanol–water partition coefficient (Wildman–Crippen LogP) is 1.01. The van der Waals surface area contributed by atoms with E-state index in [4.69, 9.17) is 9.47 Å². The number of nitrogens with one attached hydrogen (secondary N) is 1. The maximum Gasteiger partial charge on any atom is 0.291 e. The summed E-state index contributed by atoms with van der Waals surface area (Å²) in [4.78, 5) is 42.7. The number of likely N-dealkylation sites (tertiary alicyclic amines) is 1. The number of quaternary nitrogens is 1. The molecule has 0 bridgehead atoms. The Hall–Kier alpha value is -2.55. The summed E-state index contributed by atoms with van der Waals surface area (Å²) in [7, 11) is 1.58. The molecule has 2 unspecified atom stereocenters. The fraction of sp³-hybridized carbons (Fsp3) is 0.435. The van der Waals surface area contributed by atoms with Crippen molar-refractivity contribution in [2.45, 2.75) is 12.5 Å². The number of ketones is 2. The first-order valence-electron chi connectivity index (χ1n) is 10.6. The van der Waals surface area contributed by atoms with Crippen molar-refractivity contribution < 1.29 is 28.8 Å². The summed E-state index contributed by atoms with van der Waals surface area (Å²) in [5.41, 5.74) is 0.772. The molecule has 1 aromatic carbocycles. The van der Waals surface area contributed by atoms with Crippen LogP contribution in [0.2, 0.25) is 0 Å². The van der Waals surface area contributed by atoms with Crippen molar-refractivity contribution in [3.63, 3.8) is 0 Å². The van der Waals surface area contributed by atoms with Crippen LogP contribution in [0.25, 0.3) is 0 Å². The lowest BCUT2D eigenvalue weighted by atomic mass is 9.88. The predicted molar refractivity (Wildman–Crippen MR) is 116 cm³/mol. The number of hydrogen-bond acceptors (Lipinski definition) is 6. The zero-order chi connectivity index (χ0) is 21.8. The molecular weight excluding hydrogens is 416 g/mol. The number of benzene rings is 1. The van der Waals surface area contributed by atoms with E-state index in [0.29, 0.717) is 17.2 Å². The Bertz CT molecular complexity index is 922. The van der Waals surface area contributed by atoms with Crippen LogP contribution in [-0.4, -0.2) is 68.9 Å². The van der Waals surface area contributed by atoms with Crippen LogP contribution in [0.1, 0.15) is 27.7 Å². The number of methoxy groups -OCH3 is 1. The van der Waals surface area contributed by atoms with Gasteiger partial charge in [0.15, 0.2) is 5.78 Å². The van der Waals surface area contributed by atoms with Gasteiger partial charge in [-0.1, -0.05) is 18.2 Å². The van der Waals surface area contributed by atoms with Crippen molar-refractivity contribution in [2.75, 3.05) is 46.5 Å². The number of morpholine rings is 1. The molecule has 2 saturated heterocycles. The van der Waals surface area contributed by atoms with Gasteiger partial charge in [0.25, 0.3) is 5.91 Å². The largest absolute Gasteiger partial charge is 0.497 e. The molecule has 7 nitrogen and oxygen atoms in total. The lowest BCUT2D eigenvalue weighted by Crippen LogP contribution is -3.14. The van der Waals surface area contributed by atoms with Gasteiger partial charge in [0.05, 0.1) is 37.8 Å². The highest BCUT2D eigenvalue weighted by Gasteiger charge is 2.51. The number of ether oxygens (including phenoxy) is 2. The summed E-state index contributed by atoms with van der Waals surface area (Å²) >= 11 is 1.30. The van der Waals surface area contributed by atoms with E-state index < -0.39 is 23.7 Å². The second kappa shape index (κ2) is 9.72. The minimum absolute atomic E-state index is 0.282. The maximum atomic E-state index is 13.2. The third-order valence-electron chi connectivity index (χ3n) is 6.04. The Balaban J connectivity index is 1.58. The number of carbonyl (C=O) groups excluding carboxylic acids is 3. The summed E-state index contributed by atoms with van der Waals surface area (Å²) in [6.45, 7) is 4.76. The van der Waals surface area contributed by atoms with Crippen molar-refractivity contribution in [2.24, 2.45) is 5.92 Å². The van der Waals surface area contributed by atoms with Crippen LogP contribution in [-0.2, 0) is 14.3 Å². The zero-order valence-corrected chi connectivity index (χ0v) is 18.4. The van der Waals surface area contributed by atoms with Gasteiger partial charge in [-0.25, -0.2) is 0 Å². The second-order valence-corrected chi connectivity index (χ2v) is 8.81. The molecule has 8 heteroatoms. The van der Waals surface area contributed by atoms with Gasteiger partial charge in [-0.05, 0) is 29.1 Å². The normalized spacial score (nSPS) is 22.2. The molecular formula is C23H27N2O5S+. The van der Waals surface area contributed by atoms with Crippen LogP contribution in [0, 0.1) is 5.92 Å². The first-order chi connectivity index (χ1) is 15.1. The molecule has 1 N–H and O–H groups in total. The van der Waals surface area contributed by atoms with E-state index in [9.17, 15) is 14.4 Å². The minimum Gasteiger partial charge on any atom is -0.497 e. The van der Waals surface area contributed by atoms with E-state index in [2.05, 4.69) is 0 Å². The summed E-state index contributed by atoms with van der Waals surface area (Å²) in [6.07, 6.45) is 0.765. The molecule has 2 aromatic rings. The van der Waals surface area contributed by atoms with Gasteiger partial charge in [-0.2, -0.15) is 0 Å². The van der Waals surface area contributed by atoms with Crippen LogP contribution >= 0.6 is 11.3 Å². The molecule has 4 rings (SSSR count). The third kappa shape index (κ3) is 4.56. The molecule has 0 saturated carbocycles. The topological polar surface area (TPSA) is 77.4 Å². The summed E-state index contributed by atoms with van der Waals surface area (Å²) in [5.74, 6) is -1.79. The van der Waals surface area contributed by atoms with Crippen LogP contribution in [0.5, 0.6) is 5.75 Å². The second-order valence-electron chi connectivity index (χ2n) is 7.87. The quantitative estimate of drug-likeness (QED) is 0.374. The summed E-state index contributed by atoms with van der Waals surface area (Å²) < 4.78 is 10.6. The molecule has 2 fully saturated rings. The van der Waals surface area contributed by atoms with E-state index in [1.165, 1.54) is 16.2 Å². The van der Waals surface area contributed by atoms with Crippen molar-refractivity contribution in [1.29, 1.82) is 0 Å². The van der Waals surface area contributed by atoms with Gasteiger partial charge < -0.3 is 19.3 Å². The number of thiophene rings is 1. The summed E-state index contributed by atoms with van der Waals surface area (Å²) in [6, 6.07) is 10.2. The van der Waals surface area contributed by atoms with Crippen molar-refractivity contribution in [3.8, 4) is 5.75 Å². The minimum atomic E-state index is -1.02. The highest BCUT2D eigenvalue weighted by molar-refractivity contribution is 7.12. The molecule has 0 radical (unpaired) electrons. The molecule has 3 heterocycles. The highest BCUT2D eigenvalue weighted by Crippen LogP contribution is 2.39. The molecule has 2 aliphatic heterocycles. The lowest BCUT2D eigenvalue weighted by Gasteiger charge is -2.28. The number of hydrogen-bond donors (Lipinski definition) is 1. The smallest absolute Gasteiger partial charge is 0.291 e. The standard InChI is InChI=1S/C23H26N2O5S/c1-29-17-7-5-16(6-8-17)20-19(21(26)18-4-2-15-31-18)22(27)23(28)25(20)10-3-9-24-11-13-30-14-12-24/h2,4-8,15,19-20H,3,9-14H2,1H3/p+1. The average Bonchev–Trinajstić information content (AvgIpc) is 3.43. The van der Waals surface area contributed by atoms with E-state index >= 15 is 0 Å². The van der Waals surface area contributed by atoms with Gasteiger partial charge in [-0.15, -0.1) is 11.3 Å². The first-order valence-corrected chi connectivity index (χ1v) is 11.5. The zero-order valence-electron chi connectivity index (χ0n) is 17.5. The maximum absolute atomic E-state index is 13.2. The fourth-order valence-corrected chi connectivity index (χ4v) is 5.09. The SMILES string of the molecule is COc1ccc(C2C(C(=O)c3cccs3)C(=O)C(=O)N2CCC[NH+]2CCOCC2)cc1. The number of nitrogens with zero attached hydrogens (tertiary/aromatic N) is 1. The molecule has 1 aromatic heterocycles. The molecule has 0 aliphatic carbocycles. The molecule has 31 heavy (non-hydrogen) atoms. The number of rotatable bonds is 8. The first kappa shape index (κ1) is 21.7. The van der Waals surface area contributed by atoms with E-state index in [-0.39, 0.29) is 5.78 Å². The van der Waals surface area contributed by atoms with Gasteiger partial charge in [0, 0.05) is 13.0 Å². The Labute approximate surface area is 185 Å². The van der Waals surface area contributed by atoms with Gasteiger partial charge >= 0.3 is 0 Å². The number of carbonyl (C=O) groups is 3. The Morgan fingerprint density at radius 1 is 1.19 bits per heavy atom. The van der Waals surface area contributed by atoms with Gasteiger partial charge in [-0.3, -0.25) is 14.4 Å². The van der Waals surface area contributed by atoms with Crippen LogP contribution < -0.4 is 9.64 Å². The fourth-order valence-electron chi connectivity index (χ4n) is 4.38. The molecule has 1 amide bonds. The lowest BCUT2D eigenvalue weighted by molar-refractivity contribution is -0.908. The summed E-state index contributed by atoms with van der Waals surface area (Å²) in [5, 5.41) is 1.81. The number of Topliss-reactive ketones (excluding diaryl/α,β-unsaturated/α-hetero) is 2. The van der Waals surface area contributed by atoms with Gasteiger partial charge in [0.2, 0.25) is 5.78 Å². The van der Waals surface area contributed by atoms with Crippen LogP contribution in [0.15, 0.2) is 41.8 Å². The number of amides is 1. The van der Waals surface area contributed by atoms with Crippen molar-refractivity contribution >= 4 is 28.8 Å². The highest BCUT2D eigenvalue weighted by atomic mass is 32.1. The molecule has 2 atom stereocenters. The van der Waals surface area contributed by atoms with Crippen LogP contribution in [0.4, 0.5) is 0 Å². The molecule has 2 aliphatic rings. The third-order valence-corrected chi connectivity index (χ3v) is 6.92. The van der Waals surface area contributed by atoms with Crippen molar-refractivity contribution in [3.05, 3.63) is 52.2 Å². The van der Waals surface area contributed by atoms with E-state index in [0.717, 1.165) is 44.8 Å². The Morgan fingerprint density at radius 2 is 1.94 bits per heavy atom. The average molecular weight is 444 g/mol. The van der Waals surface area contributed by atoms with E-state index in [1.807, 2.05) is 12.1 Å². The van der Waals surface area contributed by atoms with Crippen molar-refractivity contribution in [1.82, 2.24) is 4.90 Å². The van der Waals surface area contributed by atoms with Crippen LogP contribution in [0.3, 0.4) is 0 Å². The molecule has 0 spiro atoms. The molecule has 164 valence electrons. The Morgan fingerprint density at radius 3 is 2.58 bits per heavy atom. The Kier molecular flexibility index (Phi) is 6.80. The van der Waals surface area contributed by atoms with E-state index in [1.54, 1.807) is 41.7 Å².